The summed E-state index contributed by atoms with van der Waals surface area (Å²) in [4.78, 5) is 14.2. The Hall–Kier alpha value is -2.77. The first-order chi connectivity index (χ1) is 12.8. The predicted octanol–water partition coefficient (Wildman–Crippen LogP) is 1.43. The van der Waals surface area contributed by atoms with E-state index in [0.29, 0.717) is 0 Å². The first-order valence-electron chi connectivity index (χ1n) is 9.31. The quantitative estimate of drug-likeness (QED) is 0.692. The first-order valence-corrected chi connectivity index (χ1v) is 9.31. The van der Waals surface area contributed by atoms with Gasteiger partial charge in [0, 0.05) is 37.4 Å². The van der Waals surface area contributed by atoms with Gasteiger partial charge in [0.1, 0.15) is 23.8 Å². The lowest BCUT2D eigenvalue weighted by Crippen LogP contribution is -2.47. The number of aromatic nitrogens is 6. The summed E-state index contributed by atoms with van der Waals surface area (Å²) < 4.78 is 1.73. The lowest BCUT2D eigenvalue weighted by Gasteiger charge is -2.37. The van der Waals surface area contributed by atoms with Crippen LogP contribution in [0.15, 0.2) is 18.5 Å². The van der Waals surface area contributed by atoms with Crippen molar-refractivity contribution in [2.45, 2.75) is 32.6 Å². The van der Waals surface area contributed by atoms with Crippen LogP contribution in [0, 0.1) is 6.92 Å². The second-order valence-corrected chi connectivity index (χ2v) is 7.03. The molecule has 0 amide bonds. The molecule has 3 aromatic heterocycles. The highest BCUT2D eigenvalue weighted by molar-refractivity contribution is 5.53. The molecule has 1 saturated heterocycles. The Morgan fingerprint density at radius 2 is 1.73 bits per heavy atom. The van der Waals surface area contributed by atoms with Crippen LogP contribution in [0.4, 0.5) is 11.6 Å². The van der Waals surface area contributed by atoms with E-state index in [2.05, 4.69) is 30.1 Å². The molecule has 8 heteroatoms. The molecule has 2 aliphatic rings. The number of rotatable bonds is 2. The molecule has 0 unspecified atom stereocenters. The molecule has 5 rings (SSSR count). The summed E-state index contributed by atoms with van der Waals surface area (Å²) in [6.45, 7) is 5.76. The molecule has 0 radical (unpaired) electrons. The second kappa shape index (κ2) is 6.19. The average Bonchev–Trinajstić information content (AvgIpc) is 3.15. The van der Waals surface area contributed by atoms with Gasteiger partial charge in [-0.15, -0.1) is 15.3 Å². The highest BCUT2D eigenvalue weighted by Crippen LogP contribution is 2.29. The van der Waals surface area contributed by atoms with Crippen molar-refractivity contribution in [2.75, 3.05) is 36.0 Å². The van der Waals surface area contributed by atoms with Crippen molar-refractivity contribution in [3.63, 3.8) is 0 Å². The van der Waals surface area contributed by atoms with Crippen LogP contribution in [-0.2, 0) is 12.8 Å². The van der Waals surface area contributed by atoms with Gasteiger partial charge >= 0.3 is 0 Å². The summed E-state index contributed by atoms with van der Waals surface area (Å²) in [5.74, 6) is 3.02. The van der Waals surface area contributed by atoms with E-state index >= 15 is 0 Å². The Morgan fingerprint density at radius 1 is 0.923 bits per heavy atom. The average molecular weight is 350 g/mol. The van der Waals surface area contributed by atoms with Gasteiger partial charge in [-0.3, -0.25) is 0 Å². The lowest BCUT2D eigenvalue weighted by molar-refractivity contribution is 0.614. The summed E-state index contributed by atoms with van der Waals surface area (Å²) in [7, 11) is 0. The fourth-order valence-electron chi connectivity index (χ4n) is 3.99. The molecular weight excluding hydrogens is 328 g/mol. The Bertz CT molecular complexity index is 942. The third-order valence-corrected chi connectivity index (χ3v) is 5.32. The molecule has 0 atom stereocenters. The number of nitrogens with zero attached hydrogens (tertiary/aromatic N) is 8. The van der Waals surface area contributed by atoms with Crippen molar-refractivity contribution in [3.8, 4) is 0 Å². The van der Waals surface area contributed by atoms with Crippen molar-refractivity contribution >= 4 is 17.3 Å². The van der Waals surface area contributed by atoms with Crippen molar-refractivity contribution in [3.05, 3.63) is 35.5 Å². The zero-order chi connectivity index (χ0) is 17.5. The summed E-state index contributed by atoms with van der Waals surface area (Å²) in [5.41, 5.74) is 3.41. The van der Waals surface area contributed by atoms with Crippen LogP contribution < -0.4 is 9.80 Å². The fourth-order valence-corrected chi connectivity index (χ4v) is 3.99. The summed E-state index contributed by atoms with van der Waals surface area (Å²) in [6, 6.07) is 3.99. The molecule has 0 bridgehead atoms. The van der Waals surface area contributed by atoms with E-state index in [4.69, 9.17) is 4.98 Å². The Balaban J connectivity index is 1.36. The van der Waals surface area contributed by atoms with Gasteiger partial charge < -0.3 is 9.80 Å². The number of fused-ring (bicyclic) bond motifs is 2. The monoisotopic (exact) mass is 350 g/mol. The fraction of sp³-hybridized carbons (Fsp3) is 0.500. The summed E-state index contributed by atoms with van der Waals surface area (Å²) in [5, 5.41) is 12.5. The van der Waals surface area contributed by atoms with E-state index in [9.17, 15) is 0 Å². The van der Waals surface area contributed by atoms with Gasteiger partial charge in [0.15, 0.2) is 5.65 Å². The maximum absolute atomic E-state index is 4.80. The van der Waals surface area contributed by atoms with E-state index < -0.39 is 0 Å². The molecule has 4 heterocycles. The van der Waals surface area contributed by atoms with Gasteiger partial charge in [-0.1, -0.05) is 0 Å². The number of piperazine rings is 1. The standard InChI is InChI=1S/C18H22N8/c1-13-20-15-5-3-2-4-14(15)18(21-13)25-10-8-24(9-11-25)17-7-6-16-22-19-12-26(16)23-17/h6-7,12H,2-5,8-11H2,1H3. The number of aryl methyl sites for hydroxylation is 2. The van der Waals surface area contributed by atoms with E-state index in [1.807, 2.05) is 19.1 Å². The van der Waals surface area contributed by atoms with Crippen LogP contribution in [-0.4, -0.2) is 56.0 Å². The van der Waals surface area contributed by atoms with Crippen molar-refractivity contribution < 1.29 is 0 Å². The highest BCUT2D eigenvalue weighted by atomic mass is 15.4. The van der Waals surface area contributed by atoms with Gasteiger partial charge in [-0.2, -0.15) is 4.52 Å². The first kappa shape index (κ1) is 15.5. The topological polar surface area (TPSA) is 75.3 Å². The Labute approximate surface area is 151 Å². The largest absolute Gasteiger partial charge is 0.353 e. The molecule has 0 spiro atoms. The van der Waals surface area contributed by atoms with Crippen LogP contribution in [0.25, 0.3) is 5.65 Å². The highest BCUT2D eigenvalue weighted by Gasteiger charge is 2.25. The molecule has 26 heavy (non-hydrogen) atoms. The maximum Gasteiger partial charge on any atom is 0.177 e. The van der Waals surface area contributed by atoms with Gasteiger partial charge in [0.2, 0.25) is 0 Å². The van der Waals surface area contributed by atoms with Crippen molar-refractivity contribution in [1.29, 1.82) is 0 Å². The van der Waals surface area contributed by atoms with E-state index in [1.165, 1.54) is 24.1 Å². The number of anilines is 2. The zero-order valence-corrected chi connectivity index (χ0v) is 15.0. The molecule has 8 nitrogen and oxygen atoms in total. The molecule has 0 aromatic carbocycles. The third-order valence-electron chi connectivity index (χ3n) is 5.32. The normalized spacial score (nSPS) is 17.6. The Kier molecular flexibility index (Phi) is 3.69. The van der Waals surface area contributed by atoms with Gasteiger partial charge in [0.25, 0.3) is 0 Å². The van der Waals surface area contributed by atoms with Crippen LogP contribution in [0.2, 0.25) is 0 Å². The molecule has 0 saturated carbocycles. The third kappa shape index (κ3) is 2.65. The van der Waals surface area contributed by atoms with Crippen LogP contribution in [0.3, 0.4) is 0 Å². The molecule has 3 aromatic rings. The smallest absolute Gasteiger partial charge is 0.177 e. The van der Waals surface area contributed by atoms with Crippen molar-refractivity contribution in [1.82, 2.24) is 29.8 Å². The summed E-state index contributed by atoms with van der Waals surface area (Å²) in [6.07, 6.45) is 6.33. The SMILES string of the molecule is Cc1nc2c(c(N3CCN(c4ccc5nncn5n4)CC3)n1)CCCC2. The van der Waals surface area contributed by atoms with Gasteiger partial charge in [-0.25, -0.2) is 9.97 Å². The minimum atomic E-state index is 0.774. The van der Waals surface area contributed by atoms with Crippen LogP contribution in [0.1, 0.15) is 29.9 Å². The number of hydrogen-bond acceptors (Lipinski definition) is 7. The minimum absolute atomic E-state index is 0.774. The second-order valence-electron chi connectivity index (χ2n) is 7.03. The molecule has 1 aliphatic carbocycles. The lowest BCUT2D eigenvalue weighted by atomic mass is 9.96. The van der Waals surface area contributed by atoms with Crippen LogP contribution in [0.5, 0.6) is 0 Å². The number of hydrogen-bond donors (Lipinski definition) is 0. The van der Waals surface area contributed by atoms with E-state index in [1.54, 1.807) is 10.8 Å². The summed E-state index contributed by atoms with van der Waals surface area (Å²) >= 11 is 0. The molecule has 0 N–H and O–H groups in total. The molecule has 1 fully saturated rings. The van der Waals surface area contributed by atoms with Gasteiger partial charge in [0.05, 0.1) is 0 Å². The predicted molar refractivity (Wildman–Crippen MR) is 98.6 cm³/mol. The van der Waals surface area contributed by atoms with Gasteiger partial charge in [-0.05, 0) is 44.7 Å². The van der Waals surface area contributed by atoms with Crippen molar-refractivity contribution in [2.24, 2.45) is 0 Å². The molecular formula is C18H22N8. The molecule has 134 valence electrons. The Morgan fingerprint density at radius 3 is 2.62 bits per heavy atom. The van der Waals surface area contributed by atoms with E-state index in [-0.39, 0.29) is 0 Å². The zero-order valence-electron chi connectivity index (χ0n) is 15.0. The maximum atomic E-state index is 4.80. The molecule has 1 aliphatic heterocycles. The minimum Gasteiger partial charge on any atom is -0.353 e. The van der Waals surface area contributed by atoms with E-state index in [0.717, 1.165) is 62.1 Å². The van der Waals surface area contributed by atoms with Crippen LogP contribution >= 0.6 is 0 Å².